The summed E-state index contributed by atoms with van der Waals surface area (Å²) in [5, 5.41) is 4.76. The molecular formula is C9H12BrNOS. The summed E-state index contributed by atoms with van der Waals surface area (Å²) >= 11 is 4.89. The Bertz CT molecular complexity index is 259. The second-order valence-corrected chi connectivity index (χ2v) is 5.31. The molecule has 1 N–H and O–H groups in total. The number of halogens is 1. The van der Waals surface area contributed by atoms with E-state index in [1.807, 2.05) is 17.5 Å². The second-order valence-electron chi connectivity index (χ2n) is 2.80. The van der Waals surface area contributed by atoms with Gasteiger partial charge in [-0.1, -0.05) is 28.9 Å². The third-order valence-corrected chi connectivity index (χ3v) is 2.90. The summed E-state index contributed by atoms with van der Waals surface area (Å²) in [5.41, 5.74) is 0. The number of alkyl halides is 1. The molecule has 4 heteroatoms. The number of nitrogens with one attached hydrogen (secondary N) is 1. The molecule has 0 saturated heterocycles. The fourth-order valence-electron chi connectivity index (χ4n) is 0.879. The molecule has 0 spiro atoms. The van der Waals surface area contributed by atoms with Gasteiger partial charge in [-0.05, 0) is 17.9 Å². The largest absolute Gasteiger partial charge is 0.351 e. The minimum atomic E-state index is 0.0307. The Kier molecular flexibility index (Phi) is 4.45. The van der Waals surface area contributed by atoms with Crippen molar-refractivity contribution in [3.8, 4) is 0 Å². The molecule has 0 saturated carbocycles. The summed E-state index contributed by atoms with van der Waals surface area (Å²) in [4.78, 5) is 12.6. The van der Waals surface area contributed by atoms with E-state index in [4.69, 9.17) is 0 Å². The van der Waals surface area contributed by atoms with Crippen molar-refractivity contribution in [1.29, 1.82) is 0 Å². The molecule has 0 aliphatic rings. The Morgan fingerprint density at radius 3 is 3.08 bits per heavy atom. The highest BCUT2D eigenvalue weighted by molar-refractivity contribution is 9.09. The average molecular weight is 262 g/mol. The fraction of sp³-hybridized carbons (Fsp3) is 0.444. The van der Waals surface area contributed by atoms with Gasteiger partial charge < -0.3 is 5.32 Å². The Morgan fingerprint density at radius 1 is 1.77 bits per heavy atom. The predicted octanol–water partition coefficient (Wildman–Crippen LogP) is 2.65. The molecule has 1 heterocycles. The summed E-state index contributed by atoms with van der Waals surface area (Å²) in [6.07, 6.45) is 0.955. The normalized spacial score (nSPS) is 12.5. The van der Waals surface area contributed by atoms with Crippen LogP contribution in [0.5, 0.6) is 0 Å². The van der Waals surface area contributed by atoms with Crippen LogP contribution in [0.25, 0.3) is 0 Å². The monoisotopic (exact) mass is 261 g/mol. The average Bonchev–Trinajstić information content (AvgIpc) is 2.55. The van der Waals surface area contributed by atoms with Gasteiger partial charge in [0.1, 0.15) is 0 Å². The van der Waals surface area contributed by atoms with Crippen molar-refractivity contribution in [3.05, 3.63) is 22.4 Å². The van der Waals surface area contributed by atoms with Crippen LogP contribution >= 0.6 is 27.3 Å². The van der Waals surface area contributed by atoms with E-state index in [-0.39, 0.29) is 5.91 Å². The van der Waals surface area contributed by atoms with Crippen molar-refractivity contribution in [2.45, 2.75) is 18.2 Å². The zero-order valence-electron chi connectivity index (χ0n) is 7.42. The lowest BCUT2D eigenvalue weighted by atomic mass is 10.3. The minimum absolute atomic E-state index is 0.0307. The maximum absolute atomic E-state index is 11.4. The summed E-state index contributed by atoms with van der Waals surface area (Å²) in [6, 6.07) is 3.71. The standard InChI is InChI=1S/C9H12BrNOS/c1-7(10)4-5-11-9(12)8-3-2-6-13-8/h2-3,6-7H,4-5H2,1H3,(H,11,12). The smallest absolute Gasteiger partial charge is 0.261 e. The highest BCUT2D eigenvalue weighted by atomic mass is 79.9. The van der Waals surface area contributed by atoms with Crippen LogP contribution < -0.4 is 5.32 Å². The third-order valence-electron chi connectivity index (χ3n) is 1.57. The highest BCUT2D eigenvalue weighted by Crippen LogP contribution is 2.08. The van der Waals surface area contributed by atoms with Crippen LogP contribution in [0.15, 0.2) is 17.5 Å². The van der Waals surface area contributed by atoms with E-state index in [0.717, 1.165) is 17.8 Å². The maximum Gasteiger partial charge on any atom is 0.261 e. The Balaban J connectivity index is 2.27. The molecule has 0 aromatic carbocycles. The molecule has 1 aromatic heterocycles. The van der Waals surface area contributed by atoms with Crippen LogP contribution in [0.3, 0.4) is 0 Å². The zero-order chi connectivity index (χ0) is 9.68. The summed E-state index contributed by atoms with van der Waals surface area (Å²) in [7, 11) is 0. The molecule has 1 amide bonds. The van der Waals surface area contributed by atoms with Crippen LogP contribution in [0.1, 0.15) is 23.0 Å². The summed E-state index contributed by atoms with van der Waals surface area (Å²) in [5.74, 6) is 0.0307. The molecule has 1 aromatic rings. The number of hydrogen-bond donors (Lipinski definition) is 1. The first-order chi connectivity index (χ1) is 6.20. The van der Waals surface area contributed by atoms with Gasteiger partial charge >= 0.3 is 0 Å². The van der Waals surface area contributed by atoms with Crippen molar-refractivity contribution in [3.63, 3.8) is 0 Å². The Hall–Kier alpha value is -0.350. The number of thiophene rings is 1. The van der Waals surface area contributed by atoms with Gasteiger partial charge in [0.15, 0.2) is 0 Å². The lowest BCUT2D eigenvalue weighted by Gasteiger charge is -2.04. The first kappa shape index (κ1) is 10.7. The molecule has 2 nitrogen and oxygen atoms in total. The van der Waals surface area contributed by atoms with E-state index in [9.17, 15) is 4.79 Å². The summed E-state index contributed by atoms with van der Waals surface area (Å²) in [6.45, 7) is 2.79. The quantitative estimate of drug-likeness (QED) is 0.830. The zero-order valence-corrected chi connectivity index (χ0v) is 9.82. The SMILES string of the molecule is CC(Br)CCNC(=O)c1cccs1. The van der Waals surface area contributed by atoms with Crippen LogP contribution in [-0.4, -0.2) is 17.3 Å². The first-order valence-corrected chi connectivity index (χ1v) is 5.95. The minimum Gasteiger partial charge on any atom is -0.351 e. The van der Waals surface area contributed by atoms with E-state index in [1.54, 1.807) is 0 Å². The lowest BCUT2D eigenvalue weighted by Crippen LogP contribution is -2.24. The maximum atomic E-state index is 11.4. The van der Waals surface area contributed by atoms with E-state index in [0.29, 0.717) is 4.83 Å². The number of carbonyl (C=O) groups is 1. The van der Waals surface area contributed by atoms with Crippen LogP contribution in [-0.2, 0) is 0 Å². The Labute approximate surface area is 90.5 Å². The van der Waals surface area contributed by atoms with Crippen molar-refractivity contribution in [1.82, 2.24) is 5.32 Å². The molecule has 1 atom stereocenters. The fourth-order valence-corrected chi connectivity index (χ4v) is 1.75. The van der Waals surface area contributed by atoms with Gasteiger partial charge in [-0.15, -0.1) is 11.3 Å². The van der Waals surface area contributed by atoms with Crippen molar-refractivity contribution in [2.24, 2.45) is 0 Å². The van der Waals surface area contributed by atoms with Gasteiger partial charge in [0.05, 0.1) is 4.88 Å². The third kappa shape index (κ3) is 3.91. The molecule has 0 aliphatic carbocycles. The van der Waals surface area contributed by atoms with Gasteiger partial charge in [0.2, 0.25) is 0 Å². The molecule has 13 heavy (non-hydrogen) atoms. The van der Waals surface area contributed by atoms with E-state index in [1.165, 1.54) is 11.3 Å². The number of amides is 1. The van der Waals surface area contributed by atoms with Crippen LogP contribution in [0.2, 0.25) is 0 Å². The molecular weight excluding hydrogens is 250 g/mol. The van der Waals surface area contributed by atoms with Gasteiger partial charge in [-0.2, -0.15) is 0 Å². The van der Waals surface area contributed by atoms with Gasteiger partial charge in [0, 0.05) is 11.4 Å². The van der Waals surface area contributed by atoms with Crippen LogP contribution in [0.4, 0.5) is 0 Å². The molecule has 0 bridgehead atoms. The lowest BCUT2D eigenvalue weighted by molar-refractivity contribution is 0.0957. The van der Waals surface area contributed by atoms with E-state index >= 15 is 0 Å². The summed E-state index contributed by atoms with van der Waals surface area (Å²) < 4.78 is 0. The van der Waals surface area contributed by atoms with E-state index in [2.05, 4.69) is 28.2 Å². The second kappa shape index (κ2) is 5.40. The van der Waals surface area contributed by atoms with Crippen molar-refractivity contribution in [2.75, 3.05) is 6.54 Å². The van der Waals surface area contributed by atoms with E-state index < -0.39 is 0 Å². The molecule has 1 unspecified atom stereocenters. The number of carbonyl (C=O) groups excluding carboxylic acids is 1. The van der Waals surface area contributed by atoms with Gasteiger partial charge in [0.25, 0.3) is 5.91 Å². The van der Waals surface area contributed by atoms with Gasteiger partial charge in [-0.25, -0.2) is 0 Å². The van der Waals surface area contributed by atoms with Gasteiger partial charge in [-0.3, -0.25) is 4.79 Å². The number of hydrogen-bond acceptors (Lipinski definition) is 2. The highest BCUT2D eigenvalue weighted by Gasteiger charge is 2.05. The first-order valence-electron chi connectivity index (χ1n) is 4.16. The topological polar surface area (TPSA) is 29.1 Å². The predicted molar refractivity (Wildman–Crippen MR) is 59.7 cm³/mol. The molecule has 72 valence electrons. The molecule has 0 aliphatic heterocycles. The molecule has 0 radical (unpaired) electrons. The molecule has 0 fully saturated rings. The van der Waals surface area contributed by atoms with Crippen molar-refractivity contribution < 1.29 is 4.79 Å². The molecule has 1 rings (SSSR count). The number of rotatable bonds is 4. The Morgan fingerprint density at radius 2 is 2.54 bits per heavy atom. The van der Waals surface area contributed by atoms with Crippen LogP contribution in [0, 0.1) is 0 Å². The van der Waals surface area contributed by atoms with Crippen molar-refractivity contribution >= 4 is 33.2 Å².